The van der Waals surface area contributed by atoms with Gasteiger partial charge in [-0.2, -0.15) is 5.26 Å². The van der Waals surface area contributed by atoms with E-state index in [-0.39, 0.29) is 17.9 Å². The molecule has 2 aliphatic heterocycles. The van der Waals surface area contributed by atoms with Crippen LogP contribution in [0.1, 0.15) is 59.4 Å². The maximum Gasteiger partial charge on any atom is 0.257 e. The lowest BCUT2D eigenvalue weighted by molar-refractivity contribution is 0.0672. The fraction of sp³-hybridized carbons (Fsp3) is 0.500. The van der Waals surface area contributed by atoms with Crippen LogP contribution < -0.4 is 4.90 Å². The second-order valence-corrected chi connectivity index (χ2v) is 8.03. The molecule has 0 aromatic carbocycles. The number of hydrogen-bond donors (Lipinski definition) is 0. The molecule has 0 aliphatic carbocycles. The fourth-order valence-electron chi connectivity index (χ4n) is 4.29. The summed E-state index contributed by atoms with van der Waals surface area (Å²) in [6, 6.07) is 4.10. The van der Waals surface area contributed by atoms with Crippen molar-refractivity contribution in [2.45, 2.75) is 45.8 Å². The Bertz CT molecular complexity index is 946. The molecule has 2 aromatic rings. The van der Waals surface area contributed by atoms with Gasteiger partial charge in [0, 0.05) is 31.2 Å². The van der Waals surface area contributed by atoms with Crippen LogP contribution in [0, 0.1) is 11.3 Å². The van der Waals surface area contributed by atoms with Gasteiger partial charge in [0.1, 0.15) is 18.2 Å². The number of fused-ring (bicyclic) bond motifs is 1. The van der Waals surface area contributed by atoms with E-state index >= 15 is 0 Å². The number of piperazine rings is 1. The molecule has 2 aliphatic rings. The second-order valence-electron chi connectivity index (χ2n) is 8.03. The van der Waals surface area contributed by atoms with E-state index in [0.717, 1.165) is 29.1 Å². The summed E-state index contributed by atoms with van der Waals surface area (Å²) in [6.07, 6.45) is 3.74. The normalized spacial score (nSPS) is 19.2. The lowest BCUT2D eigenvalue weighted by atomic mass is 9.92. The molecule has 1 amide bonds. The molecule has 0 spiro atoms. The van der Waals surface area contributed by atoms with Crippen LogP contribution in [0.2, 0.25) is 0 Å². The average molecular weight is 394 g/mol. The van der Waals surface area contributed by atoms with Gasteiger partial charge >= 0.3 is 0 Å². The molecule has 4 heterocycles. The number of nitriles is 1. The smallest absolute Gasteiger partial charge is 0.257 e. The zero-order valence-corrected chi connectivity index (χ0v) is 17.1. The van der Waals surface area contributed by atoms with Crippen molar-refractivity contribution in [1.82, 2.24) is 9.88 Å². The minimum atomic E-state index is -0.0233. The Labute approximate surface area is 170 Å². The molecule has 0 saturated carbocycles. The summed E-state index contributed by atoms with van der Waals surface area (Å²) in [4.78, 5) is 21.7. The molecular weight excluding hydrogens is 368 g/mol. The summed E-state index contributed by atoms with van der Waals surface area (Å²) in [5, 5.41) is 9.93. The molecule has 0 bridgehead atoms. The molecule has 1 atom stereocenters. The SMILES string of the molecule is CC(C)c1nc(N2CCN(C(=O)c3ccoc3)[C@H](C)C2)c(C#N)c2c1COCC2. The van der Waals surface area contributed by atoms with E-state index in [1.54, 1.807) is 6.07 Å². The van der Waals surface area contributed by atoms with Gasteiger partial charge in [0.15, 0.2) is 0 Å². The number of amides is 1. The van der Waals surface area contributed by atoms with Crippen molar-refractivity contribution >= 4 is 11.7 Å². The Morgan fingerprint density at radius 2 is 2.17 bits per heavy atom. The number of pyridine rings is 1. The van der Waals surface area contributed by atoms with Gasteiger partial charge in [0.2, 0.25) is 0 Å². The maximum absolute atomic E-state index is 12.7. The predicted molar refractivity (Wildman–Crippen MR) is 108 cm³/mol. The molecule has 152 valence electrons. The van der Waals surface area contributed by atoms with E-state index in [9.17, 15) is 10.1 Å². The number of nitrogens with zero attached hydrogens (tertiary/aromatic N) is 4. The van der Waals surface area contributed by atoms with Crippen LogP contribution in [0.4, 0.5) is 5.82 Å². The number of aromatic nitrogens is 1. The summed E-state index contributed by atoms with van der Waals surface area (Å²) in [7, 11) is 0. The fourth-order valence-corrected chi connectivity index (χ4v) is 4.29. The number of anilines is 1. The van der Waals surface area contributed by atoms with Crippen LogP contribution >= 0.6 is 0 Å². The highest BCUT2D eigenvalue weighted by atomic mass is 16.5. The summed E-state index contributed by atoms with van der Waals surface area (Å²) in [6.45, 7) is 9.29. The Morgan fingerprint density at radius 1 is 1.34 bits per heavy atom. The molecule has 0 unspecified atom stereocenters. The van der Waals surface area contributed by atoms with E-state index in [4.69, 9.17) is 14.1 Å². The number of carbonyl (C=O) groups is 1. The molecule has 2 aromatic heterocycles. The minimum absolute atomic E-state index is 0.00126. The van der Waals surface area contributed by atoms with Crippen molar-refractivity contribution in [3.63, 3.8) is 0 Å². The topological polar surface area (TPSA) is 82.6 Å². The van der Waals surface area contributed by atoms with Crippen molar-refractivity contribution in [1.29, 1.82) is 5.26 Å². The molecule has 1 fully saturated rings. The summed E-state index contributed by atoms with van der Waals surface area (Å²) in [5.74, 6) is 0.974. The first-order valence-electron chi connectivity index (χ1n) is 10.1. The zero-order valence-electron chi connectivity index (χ0n) is 17.1. The molecule has 1 saturated heterocycles. The van der Waals surface area contributed by atoms with Crippen molar-refractivity contribution in [3.05, 3.63) is 46.5 Å². The van der Waals surface area contributed by atoms with Gasteiger partial charge in [-0.3, -0.25) is 4.79 Å². The van der Waals surface area contributed by atoms with Crippen LogP contribution in [-0.4, -0.2) is 48.1 Å². The van der Waals surface area contributed by atoms with E-state index in [1.165, 1.54) is 12.5 Å². The van der Waals surface area contributed by atoms with Gasteiger partial charge in [-0.1, -0.05) is 13.8 Å². The molecule has 7 nitrogen and oxygen atoms in total. The van der Waals surface area contributed by atoms with Crippen molar-refractivity contribution in [2.24, 2.45) is 0 Å². The van der Waals surface area contributed by atoms with Crippen molar-refractivity contribution < 1.29 is 13.9 Å². The third-order valence-electron chi connectivity index (χ3n) is 5.78. The Balaban J connectivity index is 1.65. The molecule has 29 heavy (non-hydrogen) atoms. The summed E-state index contributed by atoms with van der Waals surface area (Å²) in [5.41, 5.74) is 4.40. The summed E-state index contributed by atoms with van der Waals surface area (Å²) < 4.78 is 10.7. The van der Waals surface area contributed by atoms with Crippen LogP contribution in [0.15, 0.2) is 23.0 Å². The van der Waals surface area contributed by atoms with Gasteiger partial charge < -0.3 is 19.0 Å². The molecule has 0 radical (unpaired) electrons. The number of ether oxygens (including phenoxy) is 1. The van der Waals surface area contributed by atoms with Crippen molar-refractivity contribution in [3.8, 4) is 6.07 Å². The first-order chi connectivity index (χ1) is 14.0. The highest BCUT2D eigenvalue weighted by Crippen LogP contribution is 2.34. The Kier molecular flexibility index (Phi) is 5.29. The average Bonchev–Trinajstić information content (AvgIpc) is 3.26. The highest BCUT2D eigenvalue weighted by Gasteiger charge is 2.32. The minimum Gasteiger partial charge on any atom is -0.472 e. The van der Waals surface area contributed by atoms with Crippen LogP contribution in [0.25, 0.3) is 0 Å². The lowest BCUT2D eigenvalue weighted by Crippen LogP contribution is -2.54. The standard InChI is InChI=1S/C22H26N4O3/c1-14(2)20-19-13-29-9-5-17(19)18(10-23)21(24-20)25-6-7-26(15(3)11-25)22(27)16-4-8-28-12-16/h4,8,12,14-15H,5-7,9,11,13H2,1-3H3/t15-/m1/s1. The lowest BCUT2D eigenvalue weighted by Gasteiger charge is -2.41. The molecule has 7 heteroatoms. The largest absolute Gasteiger partial charge is 0.472 e. The van der Waals surface area contributed by atoms with E-state index in [2.05, 4.69) is 24.8 Å². The van der Waals surface area contributed by atoms with E-state index in [0.29, 0.717) is 44.0 Å². The Morgan fingerprint density at radius 3 is 2.83 bits per heavy atom. The number of carbonyl (C=O) groups excluding carboxylic acids is 1. The third-order valence-corrected chi connectivity index (χ3v) is 5.78. The quantitative estimate of drug-likeness (QED) is 0.796. The van der Waals surface area contributed by atoms with Gasteiger partial charge in [0.05, 0.1) is 36.3 Å². The first kappa shape index (κ1) is 19.5. The Hall–Kier alpha value is -2.85. The number of furan rings is 1. The second kappa shape index (κ2) is 7.88. The van der Waals surface area contributed by atoms with Gasteiger partial charge in [-0.05, 0) is 30.9 Å². The molecular formula is C22H26N4O3. The van der Waals surface area contributed by atoms with E-state index in [1.807, 2.05) is 11.8 Å². The monoisotopic (exact) mass is 394 g/mol. The maximum atomic E-state index is 12.7. The number of hydrogen-bond acceptors (Lipinski definition) is 6. The number of rotatable bonds is 3. The van der Waals surface area contributed by atoms with Crippen LogP contribution in [-0.2, 0) is 17.8 Å². The van der Waals surface area contributed by atoms with Crippen molar-refractivity contribution in [2.75, 3.05) is 31.1 Å². The third kappa shape index (κ3) is 3.49. The van der Waals surface area contributed by atoms with Gasteiger partial charge in [0.25, 0.3) is 5.91 Å². The highest BCUT2D eigenvalue weighted by molar-refractivity contribution is 5.94. The first-order valence-corrected chi connectivity index (χ1v) is 10.1. The predicted octanol–water partition coefficient (Wildman–Crippen LogP) is 3.09. The van der Waals surface area contributed by atoms with Gasteiger partial charge in [-0.15, -0.1) is 0 Å². The van der Waals surface area contributed by atoms with Gasteiger partial charge in [-0.25, -0.2) is 4.98 Å². The van der Waals surface area contributed by atoms with Crippen LogP contribution in [0.3, 0.4) is 0 Å². The molecule has 0 N–H and O–H groups in total. The van der Waals surface area contributed by atoms with E-state index < -0.39 is 0 Å². The zero-order chi connectivity index (χ0) is 20.5. The molecule has 4 rings (SSSR count). The van der Waals surface area contributed by atoms with Crippen LogP contribution in [0.5, 0.6) is 0 Å². The summed E-state index contributed by atoms with van der Waals surface area (Å²) >= 11 is 0.